The Hall–Kier alpha value is -2.30. The topological polar surface area (TPSA) is 43.1 Å². The van der Waals surface area contributed by atoms with E-state index in [-0.39, 0.29) is 16.7 Å². The highest BCUT2D eigenvalue weighted by atomic mass is 19.1. The lowest BCUT2D eigenvalue weighted by molar-refractivity contribution is 0.112. The fourth-order valence-electron chi connectivity index (χ4n) is 1.58. The molecule has 92 valence electrons. The van der Waals surface area contributed by atoms with Crippen molar-refractivity contribution in [3.63, 3.8) is 0 Å². The minimum Gasteiger partial charge on any atom is -0.394 e. The molecule has 0 aliphatic rings. The first-order valence-corrected chi connectivity index (χ1v) is 5.03. The van der Waals surface area contributed by atoms with Crippen LogP contribution >= 0.6 is 0 Å². The van der Waals surface area contributed by atoms with Crippen molar-refractivity contribution in [1.29, 1.82) is 0 Å². The largest absolute Gasteiger partial charge is 0.394 e. The first kappa shape index (κ1) is 12.2. The van der Waals surface area contributed by atoms with E-state index in [2.05, 4.69) is 0 Å². The van der Waals surface area contributed by atoms with Crippen LogP contribution in [0.25, 0.3) is 11.1 Å². The van der Waals surface area contributed by atoms with Gasteiger partial charge in [-0.15, -0.1) is 0 Å². The van der Waals surface area contributed by atoms with E-state index in [1.165, 1.54) is 12.1 Å². The van der Waals surface area contributed by atoms with Gasteiger partial charge in [-0.1, -0.05) is 6.07 Å². The van der Waals surface area contributed by atoms with E-state index in [0.29, 0.717) is 6.29 Å². The first-order chi connectivity index (χ1) is 8.54. The predicted molar refractivity (Wildman–Crippen MR) is 61.6 cm³/mol. The van der Waals surface area contributed by atoms with Crippen molar-refractivity contribution in [2.45, 2.75) is 0 Å². The first-order valence-electron chi connectivity index (χ1n) is 5.03. The van der Waals surface area contributed by atoms with Crippen LogP contribution in [0.5, 0.6) is 0 Å². The smallest absolute Gasteiger partial charge is 0.156 e. The predicted octanol–water partition coefficient (Wildman–Crippen LogP) is 3.17. The molecule has 0 aliphatic heterocycles. The monoisotopic (exact) mass is 251 g/mol. The fourth-order valence-corrected chi connectivity index (χ4v) is 1.58. The summed E-state index contributed by atoms with van der Waals surface area (Å²) in [4.78, 5) is 10.5. The molecule has 0 amide bonds. The Bertz CT molecular complexity index is 626. The van der Waals surface area contributed by atoms with Crippen molar-refractivity contribution in [2.75, 3.05) is 5.73 Å². The molecule has 0 aromatic heterocycles. The zero-order valence-corrected chi connectivity index (χ0v) is 9.08. The maximum Gasteiger partial charge on any atom is 0.156 e. The second-order valence-electron chi connectivity index (χ2n) is 3.68. The van der Waals surface area contributed by atoms with Crippen molar-refractivity contribution < 1.29 is 18.0 Å². The molecule has 0 aliphatic carbocycles. The fraction of sp³-hybridized carbons (Fsp3) is 0. The number of carbonyl (C=O) groups is 1. The van der Waals surface area contributed by atoms with Crippen molar-refractivity contribution >= 4 is 12.0 Å². The van der Waals surface area contributed by atoms with Gasteiger partial charge in [0, 0.05) is 5.56 Å². The van der Waals surface area contributed by atoms with Crippen molar-refractivity contribution in [3.8, 4) is 11.1 Å². The Kier molecular flexibility index (Phi) is 3.06. The van der Waals surface area contributed by atoms with Crippen molar-refractivity contribution in [1.82, 2.24) is 0 Å². The molecule has 0 saturated heterocycles. The second-order valence-corrected chi connectivity index (χ2v) is 3.68. The highest BCUT2D eigenvalue weighted by molar-refractivity contribution is 5.78. The standard InChI is InChI=1S/C13H8F3NO/c14-10-4-3-9(12(16)13(10)17)7-1-2-8(6-18)11(15)5-7/h1-6H,17H2. The minimum absolute atomic E-state index is 0.0229. The average Bonchev–Trinajstić information content (AvgIpc) is 2.36. The number of rotatable bonds is 2. The molecule has 0 bridgehead atoms. The van der Waals surface area contributed by atoms with Gasteiger partial charge in [-0.25, -0.2) is 13.2 Å². The maximum absolute atomic E-state index is 13.7. The number of nitrogen functional groups attached to an aromatic ring is 1. The van der Waals surface area contributed by atoms with Gasteiger partial charge in [0.2, 0.25) is 0 Å². The van der Waals surface area contributed by atoms with Gasteiger partial charge in [0.15, 0.2) is 12.1 Å². The number of benzene rings is 2. The molecule has 0 radical (unpaired) electrons. The molecule has 0 saturated carbocycles. The Balaban J connectivity index is 2.59. The quantitative estimate of drug-likeness (QED) is 0.658. The summed E-state index contributed by atoms with van der Waals surface area (Å²) in [5.41, 5.74) is 4.63. The van der Waals surface area contributed by atoms with Gasteiger partial charge in [0.05, 0.1) is 5.56 Å². The van der Waals surface area contributed by atoms with Crippen LogP contribution in [0.3, 0.4) is 0 Å². The number of nitrogens with two attached hydrogens (primary N) is 1. The zero-order chi connectivity index (χ0) is 13.3. The van der Waals surface area contributed by atoms with Crippen LogP contribution in [0.4, 0.5) is 18.9 Å². The van der Waals surface area contributed by atoms with Crippen LogP contribution in [0, 0.1) is 17.5 Å². The molecule has 2 aromatic carbocycles. The van der Waals surface area contributed by atoms with Crippen LogP contribution in [0.1, 0.15) is 10.4 Å². The Morgan fingerprint density at radius 1 is 1.00 bits per heavy atom. The number of aldehydes is 1. The van der Waals surface area contributed by atoms with Crippen molar-refractivity contribution in [2.24, 2.45) is 0 Å². The van der Waals surface area contributed by atoms with Gasteiger partial charge >= 0.3 is 0 Å². The number of carbonyl (C=O) groups excluding carboxylic acids is 1. The Labute approximate surface area is 101 Å². The molecular weight excluding hydrogens is 243 g/mol. The molecule has 0 unspecified atom stereocenters. The summed E-state index contributed by atoms with van der Waals surface area (Å²) < 4.78 is 40.1. The third kappa shape index (κ3) is 1.95. The zero-order valence-electron chi connectivity index (χ0n) is 9.08. The van der Waals surface area contributed by atoms with Crippen LogP contribution in [0.15, 0.2) is 30.3 Å². The van der Waals surface area contributed by atoms with Gasteiger partial charge in [-0.05, 0) is 29.8 Å². The third-order valence-electron chi connectivity index (χ3n) is 2.56. The SMILES string of the molecule is Nc1c(F)ccc(-c2ccc(C=O)c(F)c2)c1F. The number of hydrogen-bond acceptors (Lipinski definition) is 2. The summed E-state index contributed by atoms with van der Waals surface area (Å²) in [7, 11) is 0. The lowest BCUT2D eigenvalue weighted by atomic mass is 10.0. The Morgan fingerprint density at radius 2 is 1.72 bits per heavy atom. The van der Waals surface area contributed by atoms with E-state index in [0.717, 1.165) is 18.2 Å². The summed E-state index contributed by atoms with van der Waals surface area (Å²) >= 11 is 0. The molecule has 2 N–H and O–H groups in total. The van der Waals surface area contributed by atoms with E-state index in [1.54, 1.807) is 0 Å². The molecule has 0 heterocycles. The minimum atomic E-state index is -0.951. The summed E-state index contributed by atoms with van der Waals surface area (Å²) in [6.07, 6.45) is 0.356. The third-order valence-corrected chi connectivity index (χ3v) is 2.56. The lowest BCUT2D eigenvalue weighted by Gasteiger charge is -2.07. The molecule has 0 spiro atoms. The van der Waals surface area contributed by atoms with E-state index in [4.69, 9.17) is 5.73 Å². The van der Waals surface area contributed by atoms with E-state index in [9.17, 15) is 18.0 Å². The van der Waals surface area contributed by atoms with Crippen LogP contribution in [0.2, 0.25) is 0 Å². The number of halogens is 3. The van der Waals surface area contributed by atoms with Crippen LogP contribution in [-0.4, -0.2) is 6.29 Å². The highest BCUT2D eigenvalue weighted by Gasteiger charge is 2.13. The number of anilines is 1. The summed E-state index contributed by atoms with van der Waals surface area (Å²) in [5.74, 6) is -2.60. The van der Waals surface area contributed by atoms with E-state index >= 15 is 0 Å². The summed E-state index contributed by atoms with van der Waals surface area (Å²) in [5, 5.41) is 0. The van der Waals surface area contributed by atoms with Crippen LogP contribution in [-0.2, 0) is 0 Å². The lowest BCUT2D eigenvalue weighted by Crippen LogP contribution is -1.98. The average molecular weight is 251 g/mol. The van der Waals surface area contributed by atoms with E-state index < -0.39 is 23.1 Å². The maximum atomic E-state index is 13.7. The van der Waals surface area contributed by atoms with Crippen LogP contribution < -0.4 is 5.73 Å². The summed E-state index contributed by atoms with van der Waals surface area (Å²) in [6, 6.07) is 5.74. The second kappa shape index (κ2) is 4.52. The van der Waals surface area contributed by atoms with E-state index in [1.807, 2.05) is 0 Å². The Morgan fingerprint density at radius 3 is 2.33 bits per heavy atom. The molecule has 2 rings (SSSR count). The van der Waals surface area contributed by atoms with Gasteiger partial charge in [0.1, 0.15) is 17.3 Å². The normalized spacial score (nSPS) is 10.4. The van der Waals surface area contributed by atoms with Gasteiger partial charge in [-0.3, -0.25) is 4.79 Å². The van der Waals surface area contributed by atoms with Gasteiger partial charge < -0.3 is 5.73 Å². The van der Waals surface area contributed by atoms with Gasteiger partial charge in [0.25, 0.3) is 0 Å². The number of hydrogen-bond donors (Lipinski definition) is 1. The highest BCUT2D eigenvalue weighted by Crippen LogP contribution is 2.28. The molecule has 5 heteroatoms. The van der Waals surface area contributed by atoms with Gasteiger partial charge in [-0.2, -0.15) is 0 Å². The molecule has 2 nitrogen and oxygen atoms in total. The molecule has 0 atom stereocenters. The molecular formula is C13H8F3NO. The van der Waals surface area contributed by atoms with Crippen molar-refractivity contribution in [3.05, 3.63) is 53.3 Å². The molecule has 0 fully saturated rings. The molecule has 18 heavy (non-hydrogen) atoms. The summed E-state index contributed by atoms with van der Waals surface area (Å²) in [6.45, 7) is 0. The molecule has 2 aromatic rings.